The summed E-state index contributed by atoms with van der Waals surface area (Å²) in [5, 5.41) is 4.26. The number of rotatable bonds is 8. The monoisotopic (exact) mass is 516 g/mol. The number of aryl methyl sites for hydroxylation is 1. The second-order valence-electron chi connectivity index (χ2n) is 9.12. The SMILES string of the molecule is Fc1ccc(COc2cc3c(cc2OCC(F)(F)F)C(CCc2c[nH]c4ccc(F)cc24)NCC3)cc1. The average molecular weight is 517 g/mol. The quantitative estimate of drug-likeness (QED) is 0.254. The van der Waals surface area contributed by atoms with E-state index in [0.29, 0.717) is 31.4 Å². The third-order valence-corrected chi connectivity index (χ3v) is 6.50. The van der Waals surface area contributed by atoms with Gasteiger partial charge in [-0.1, -0.05) is 12.1 Å². The molecule has 1 atom stereocenters. The summed E-state index contributed by atoms with van der Waals surface area (Å²) in [4.78, 5) is 3.15. The number of benzene rings is 3. The van der Waals surface area contributed by atoms with Crippen LogP contribution in [-0.4, -0.2) is 24.3 Å². The zero-order valence-corrected chi connectivity index (χ0v) is 19.8. The van der Waals surface area contributed by atoms with Gasteiger partial charge in [-0.2, -0.15) is 13.2 Å². The molecule has 4 nitrogen and oxygen atoms in total. The molecule has 0 bridgehead atoms. The molecule has 1 aliphatic rings. The van der Waals surface area contributed by atoms with Crippen LogP contribution in [0, 0.1) is 11.6 Å². The van der Waals surface area contributed by atoms with Crippen LogP contribution >= 0.6 is 0 Å². The lowest BCUT2D eigenvalue weighted by Gasteiger charge is -2.28. The zero-order chi connectivity index (χ0) is 26.0. The molecule has 2 heterocycles. The smallest absolute Gasteiger partial charge is 0.422 e. The molecule has 194 valence electrons. The summed E-state index contributed by atoms with van der Waals surface area (Å²) >= 11 is 0. The Morgan fingerprint density at radius 3 is 2.43 bits per heavy atom. The number of hydrogen-bond donors (Lipinski definition) is 2. The highest BCUT2D eigenvalue weighted by molar-refractivity contribution is 5.83. The Bertz CT molecular complexity index is 1380. The van der Waals surface area contributed by atoms with Crippen molar-refractivity contribution in [3.8, 4) is 11.5 Å². The number of alkyl halides is 3. The second kappa shape index (κ2) is 10.4. The van der Waals surface area contributed by atoms with E-state index in [1.807, 2.05) is 6.20 Å². The number of ether oxygens (including phenoxy) is 2. The molecule has 0 spiro atoms. The lowest BCUT2D eigenvalue weighted by atomic mass is 9.90. The molecular weight excluding hydrogens is 491 g/mol. The minimum Gasteiger partial charge on any atom is -0.485 e. The van der Waals surface area contributed by atoms with Crippen molar-refractivity contribution in [2.75, 3.05) is 13.2 Å². The van der Waals surface area contributed by atoms with Gasteiger partial charge < -0.3 is 19.8 Å². The molecule has 0 saturated heterocycles. The number of fused-ring (bicyclic) bond motifs is 2. The number of aromatic nitrogens is 1. The Hall–Kier alpha value is -3.59. The van der Waals surface area contributed by atoms with E-state index in [0.717, 1.165) is 27.6 Å². The van der Waals surface area contributed by atoms with E-state index in [1.54, 1.807) is 30.3 Å². The fraction of sp³-hybridized carbons (Fsp3) is 0.286. The number of nitrogens with one attached hydrogen (secondary N) is 2. The van der Waals surface area contributed by atoms with Gasteiger partial charge in [0.05, 0.1) is 0 Å². The van der Waals surface area contributed by atoms with Crippen molar-refractivity contribution >= 4 is 10.9 Å². The number of H-pyrrole nitrogens is 1. The van der Waals surface area contributed by atoms with Crippen LogP contribution < -0.4 is 14.8 Å². The van der Waals surface area contributed by atoms with E-state index in [2.05, 4.69) is 10.3 Å². The molecule has 1 aromatic heterocycles. The third-order valence-electron chi connectivity index (χ3n) is 6.50. The van der Waals surface area contributed by atoms with Gasteiger partial charge in [0.15, 0.2) is 18.1 Å². The summed E-state index contributed by atoms with van der Waals surface area (Å²) in [5.74, 6) is -0.488. The van der Waals surface area contributed by atoms with Gasteiger partial charge in [0, 0.05) is 23.1 Å². The Balaban J connectivity index is 1.38. The number of aromatic amines is 1. The molecule has 4 aromatic rings. The molecule has 1 unspecified atom stereocenters. The number of hydrogen-bond acceptors (Lipinski definition) is 3. The molecule has 0 radical (unpaired) electrons. The van der Waals surface area contributed by atoms with Gasteiger partial charge in [-0.25, -0.2) is 8.78 Å². The molecule has 0 saturated carbocycles. The maximum absolute atomic E-state index is 13.8. The minimum absolute atomic E-state index is 0.000974. The van der Waals surface area contributed by atoms with Gasteiger partial charge in [-0.15, -0.1) is 0 Å². The normalized spacial score (nSPS) is 15.5. The van der Waals surface area contributed by atoms with Crippen molar-refractivity contribution in [3.63, 3.8) is 0 Å². The summed E-state index contributed by atoms with van der Waals surface area (Å²) in [6.07, 6.45) is -0.672. The van der Waals surface area contributed by atoms with Gasteiger partial charge in [0.25, 0.3) is 0 Å². The number of halogens is 5. The predicted molar refractivity (Wildman–Crippen MR) is 130 cm³/mol. The zero-order valence-electron chi connectivity index (χ0n) is 19.8. The molecule has 9 heteroatoms. The first-order chi connectivity index (χ1) is 17.7. The van der Waals surface area contributed by atoms with Crippen molar-refractivity contribution in [1.29, 1.82) is 0 Å². The van der Waals surface area contributed by atoms with Crippen LogP contribution in [0.3, 0.4) is 0 Å². The molecule has 37 heavy (non-hydrogen) atoms. The lowest BCUT2D eigenvalue weighted by Crippen LogP contribution is -2.30. The Labute approximate surface area is 210 Å². The largest absolute Gasteiger partial charge is 0.485 e. The first kappa shape index (κ1) is 25.1. The highest BCUT2D eigenvalue weighted by Gasteiger charge is 2.30. The van der Waals surface area contributed by atoms with Crippen LogP contribution in [0.4, 0.5) is 22.0 Å². The Morgan fingerprint density at radius 2 is 1.65 bits per heavy atom. The average Bonchev–Trinajstić information content (AvgIpc) is 3.27. The summed E-state index contributed by atoms with van der Waals surface area (Å²) in [6, 6.07) is 13.5. The van der Waals surface area contributed by atoms with E-state index in [-0.39, 0.29) is 35.8 Å². The third kappa shape index (κ3) is 6.05. The Morgan fingerprint density at radius 1 is 0.892 bits per heavy atom. The Kier molecular flexibility index (Phi) is 7.06. The van der Waals surface area contributed by atoms with Crippen molar-refractivity contribution < 1.29 is 31.4 Å². The van der Waals surface area contributed by atoms with Crippen LogP contribution in [0.5, 0.6) is 11.5 Å². The van der Waals surface area contributed by atoms with Crippen molar-refractivity contribution in [3.05, 3.63) is 94.7 Å². The van der Waals surface area contributed by atoms with E-state index in [4.69, 9.17) is 9.47 Å². The highest BCUT2D eigenvalue weighted by Crippen LogP contribution is 2.38. The van der Waals surface area contributed by atoms with Crippen LogP contribution in [0.25, 0.3) is 10.9 Å². The van der Waals surface area contributed by atoms with E-state index in [1.165, 1.54) is 24.3 Å². The molecular formula is C28H25F5N2O2. The van der Waals surface area contributed by atoms with Gasteiger partial charge >= 0.3 is 6.18 Å². The highest BCUT2D eigenvalue weighted by atomic mass is 19.4. The van der Waals surface area contributed by atoms with Crippen LogP contribution in [0.15, 0.2) is 60.8 Å². The summed E-state index contributed by atoms with van der Waals surface area (Å²) in [7, 11) is 0. The van der Waals surface area contributed by atoms with E-state index >= 15 is 0 Å². The van der Waals surface area contributed by atoms with Gasteiger partial charge in [-0.3, -0.25) is 0 Å². The molecule has 0 aliphatic carbocycles. The summed E-state index contributed by atoms with van der Waals surface area (Å²) in [5.41, 5.74) is 4.30. The van der Waals surface area contributed by atoms with Crippen molar-refractivity contribution in [2.24, 2.45) is 0 Å². The van der Waals surface area contributed by atoms with Crippen molar-refractivity contribution in [1.82, 2.24) is 10.3 Å². The van der Waals surface area contributed by atoms with Gasteiger partial charge in [0.2, 0.25) is 0 Å². The van der Waals surface area contributed by atoms with Crippen LogP contribution in [-0.2, 0) is 19.4 Å². The van der Waals surface area contributed by atoms with Crippen LogP contribution in [0.1, 0.15) is 34.7 Å². The fourth-order valence-corrected chi connectivity index (χ4v) is 4.69. The summed E-state index contributed by atoms with van der Waals surface area (Å²) < 4.78 is 76.9. The maximum atomic E-state index is 13.8. The summed E-state index contributed by atoms with van der Waals surface area (Å²) in [6.45, 7) is -0.696. The van der Waals surface area contributed by atoms with Crippen LogP contribution in [0.2, 0.25) is 0 Å². The topological polar surface area (TPSA) is 46.3 Å². The van der Waals surface area contributed by atoms with Gasteiger partial charge in [-0.05, 0) is 90.5 Å². The molecule has 3 aromatic carbocycles. The second-order valence-corrected chi connectivity index (χ2v) is 9.12. The molecule has 2 N–H and O–H groups in total. The first-order valence-electron chi connectivity index (χ1n) is 12.0. The van der Waals surface area contributed by atoms with E-state index in [9.17, 15) is 22.0 Å². The molecule has 0 amide bonds. The maximum Gasteiger partial charge on any atom is 0.422 e. The predicted octanol–water partition coefficient (Wildman–Crippen LogP) is 6.79. The molecule has 1 aliphatic heterocycles. The van der Waals surface area contributed by atoms with E-state index < -0.39 is 12.8 Å². The lowest BCUT2D eigenvalue weighted by molar-refractivity contribution is -0.153. The fourth-order valence-electron chi connectivity index (χ4n) is 4.69. The minimum atomic E-state index is -4.51. The first-order valence-corrected chi connectivity index (χ1v) is 12.0. The standard InChI is InChI=1S/C28H25F5N2O2/c29-20-4-1-17(2-5-20)15-36-26-11-18-9-10-34-24(23(18)13-27(26)37-16-28(31,32)33)7-3-19-14-35-25-8-6-21(30)12-22(19)25/h1-2,4-6,8,11-14,24,34-35H,3,7,9-10,15-16H2. The van der Waals surface area contributed by atoms with Gasteiger partial charge in [0.1, 0.15) is 18.2 Å². The molecule has 0 fully saturated rings. The molecule has 5 rings (SSSR count). The van der Waals surface area contributed by atoms with Crippen molar-refractivity contribution in [2.45, 2.75) is 38.1 Å².